The van der Waals surface area contributed by atoms with Gasteiger partial charge in [0.15, 0.2) is 5.76 Å². The highest BCUT2D eigenvalue weighted by Gasteiger charge is 2.44. The molecular weight excluding hydrogens is 391 g/mol. The number of carbonyl (C=O) groups is 2. The third kappa shape index (κ3) is 3.84. The number of halogens is 1. The lowest BCUT2D eigenvalue weighted by atomic mass is 9.95. The summed E-state index contributed by atoms with van der Waals surface area (Å²) in [6.07, 6.45) is 3.45. The lowest BCUT2D eigenvalue weighted by Crippen LogP contribution is -2.40. The zero-order chi connectivity index (χ0) is 20.4. The molecule has 1 aromatic heterocycles. The summed E-state index contributed by atoms with van der Waals surface area (Å²) in [7, 11) is 0. The number of likely N-dealkylation sites (tertiary alicyclic amines) is 1. The summed E-state index contributed by atoms with van der Waals surface area (Å²) in [5, 5.41) is 12.4. The van der Waals surface area contributed by atoms with Crippen molar-refractivity contribution in [1.29, 1.82) is 0 Å². The summed E-state index contributed by atoms with van der Waals surface area (Å²) in [5.41, 5.74) is 0.185. The van der Waals surface area contributed by atoms with Crippen molar-refractivity contribution in [3.63, 3.8) is 0 Å². The third-order valence-electron chi connectivity index (χ3n) is 5.60. The number of ketones is 1. The van der Waals surface area contributed by atoms with Gasteiger partial charge in [-0.1, -0.05) is 30.7 Å². The minimum absolute atomic E-state index is 0.0406. The van der Waals surface area contributed by atoms with Gasteiger partial charge in [-0.05, 0) is 43.4 Å². The topological polar surface area (TPSA) is 60.9 Å². The molecule has 1 N–H and O–H groups in total. The normalized spacial score (nSPS) is 20.5. The Balaban J connectivity index is 1.68. The zero-order valence-electron chi connectivity index (χ0n) is 16.0. The second-order valence-corrected chi connectivity index (χ2v) is 8.34. The number of thiophene rings is 1. The van der Waals surface area contributed by atoms with Crippen LogP contribution in [0.1, 0.15) is 40.5 Å². The van der Waals surface area contributed by atoms with E-state index in [1.165, 1.54) is 28.7 Å². The fourth-order valence-electron chi connectivity index (χ4n) is 4.11. The van der Waals surface area contributed by atoms with Gasteiger partial charge in [0.1, 0.15) is 5.82 Å². The second-order valence-electron chi connectivity index (χ2n) is 7.39. The van der Waals surface area contributed by atoms with Crippen LogP contribution in [0, 0.1) is 5.82 Å². The Morgan fingerprint density at radius 3 is 2.55 bits per heavy atom. The average molecular weight is 415 g/mol. The molecular formula is C22H23FN2O3S. The van der Waals surface area contributed by atoms with Crippen molar-refractivity contribution >= 4 is 23.0 Å². The van der Waals surface area contributed by atoms with Crippen molar-refractivity contribution in [3.05, 3.63) is 69.4 Å². The number of carbonyl (C=O) groups excluding carboxylic acids is 2. The van der Waals surface area contributed by atoms with Crippen molar-refractivity contribution in [1.82, 2.24) is 9.80 Å². The van der Waals surface area contributed by atoms with Gasteiger partial charge in [0, 0.05) is 18.7 Å². The molecule has 7 heteroatoms. The predicted molar refractivity (Wildman–Crippen MR) is 109 cm³/mol. The van der Waals surface area contributed by atoms with E-state index in [1.807, 2.05) is 0 Å². The van der Waals surface area contributed by atoms with E-state index in [-0.39, 0.29) is 11.1 Å². The molecule has 4 rings (SSSR count). The van der Waals surface area contributed by atoms with Gasteiger partial charge in [-0.3, -0.25) is 9.59 Å². The fourth-order valence-corrected chi connectivity index (χ4v) is 4.79. The molecule has 0 bridgehead atoms. The van der Waals surface area contributed by atoms with Gasteiger partial charge in [0.05, 0.1) is 16.5 Å². The Bertz CT molecular complexity index is 935. The van der Waals surface area contributed by atoms with E-state index in [1.54, 1.807) is 35.7 Å². The first-order valence-electron chi connectivity index (χ1n) is 9.87. The Kier molecular flexibility index (Phi) is 5.78. The molecule has 0 aliphatic carbocycles. The van der Waals surface area contributed by atoms with E-state index in [4.69, 9.17) is 0 Å². The number of nitrogens with zero attached hydrogens (tertiary/aromatic N) is 2. The number of hydrogen-bond donors (Lipinski definition) is 1. The van der Waals surface area contributed by atoms with Crippen LogP contribution in [0.5, 0.6) is 0 Å². The van der Waals surface area contributed by atoms with Gasteiger partial charge < -0.3 is 14.9 Å². The number of rotatable bonds is 6. The van der Waals surface area contributed by atoms with Crippen LogP contribution in [0.25, 0.3) is 0 Å². The largest absolute Gasteiger partial charge is 0.503 e. The molecule has 1 aromatic carbocycles. The van der Waals surface area contributed by atoms with E-state index < -0.39 is 29.3 Å². The Labute approximate surface area is 173 Å². The quantitative estimate of drug-likeness (QED) is 0.727. The number of aliphatic hydroxyl groups excluding tert-OH is 1. The predicted octanol–water partition coefficient (Wildman–Crippen LogP) is 3.95. The maximum absolute atomic E-state index is 14.7. The van der Waals surface area contributed by atoms with Gasteiger partial charge in [-0.15, -0.1) is 11.3 Å². The van der Waals surface area contributed by atoms with Crippen LogP contribution < -0.4 is 0 Å². The minimum atomic E-state index is -0.928. The van der Waals surface area contributed by atoms with E-state index in [0.717, 1.165) is 25.9 Å². The van der Waals surface area contributed by atoms with Crippen LogP contribution in [0.4, 0.5) is 4.39 Å². The zero-order valence-corrected chi connectivity index (χ0v) is 16.8. The Morgan fingerprint density at radius 1 is 1.10 bits per heavy atom. The molecule has 0 spiro atoms. The second kappa shape index (κ2) is 8.47. The molecule has 0 radical (unpaired) electrons. The summed E-state index contributed by atoms with van der Waals surface area (Å²) < 4.78 is 14.7. The number of hydrogen-bond acceptors (Lipinski definition) is 5. The van der Waals surface area contributed by atoms with Crippen LogP contribution in [0.15, 0.2) is 53.1 Å². The first-order chi connectivity index (χ1) is 14.1. The summed E-state index contributed by atoms with van der Waals surface area (Å²) in [6.45, 7) is 2.88. The lowest BCUT2D eigenvalue weighted by Gasteiger charge is -2.31. The lowest BCUT2D eigenvalue weighted by molar-refractivity contribution is -0.129. The van der Waals surface area contributed by atoms with E-state index in [9.17, 15) is 19.1 Å². The molecule has 5 nitrogen and oxygen atoms in total. The van der Waals surface area contributed by atoms with E-state index >= 15 is 0 Å². The molecule has 1 unspecified atom stereocenters. The summed E-state index contributed by atoms with van der Waals surface area (Å²) >= 11 is 1.23. The maximum atomic E-state index is 14.7. The highest BCUT2D eigenvalue weighted by Crippen LogP contribution is 2.40. The molecule has 3 heterocycles. The molecule has 1 fully saturated rings. The van der Waals surface area contributed by atoms with E-state index in [2.05, 4.69) is 4.90 Å². The Hall–Kier alpha value is -2.51. The van der Waals surface area contributed by atoms with E-state index in [0.29, 0.717) is 18.0 Å². The Morgan fingerprint density at radius 2 is 1.86 bits per heavy atom. The average Bonchev–Trinajstić information content (AvgIpc) is 3.35. The monoisotopic (exact) mass is 414 g/mol. The molecule has 1 atom stereocenters. The summed E-state index contributed by atoms with van der Waals surface area (Å²) in [6, 6.07) is 8.58. The summed E-state index contributed by atoms with van der Waals surface area (Å²) in [4.78, 5) is 30.1. The number of amides is 1. The van der Waals surface area contributed by atoms with Crippen LogP contribution >= 0.6 is 11.3 Å². The molecule has 1 saturated heterocycles. The van der Waals surface area contributed by atoms with Gasteiger partial charge >= 0.3 is 0 Å². The first kappa shape index (κ1) is 19.8. The van der Waals surface area contributed by atoms with Crippen molar-refractivity contribution in [2.75, 3.05) is 26.2 Å². The molecule has 2 aliphatic heterocycles. The molecule has 2 aromatic rings. The van der Waals surface area contributed by atoms with Crippen molar-refractivity contribution in [2.24, 2.45) is 0 Å². The van der Waals surface area contributed by atoms with Gasteiger partial charge in [-0.25, -0.2) is 4.39 Å². The number of benzene rings is 1. The number of Topliss-reactive ketones (excluding diaryl/α,β-unsaturated/α-hetero) is 1. The molecule has 1 amide bonds. The smallest absolute Gasteiger partial charge is 0.290 e. The van der Waals surface area contributed by atoms with Crippen LogP contribution in [-0.4, -0.2) is 52.8 Å². The molecule has 29 heavy (non-hydrogen) atoms. The highest BCUT2D eigenvalue weighted by molar-refractivity contribution is 7.12. The number of piperidine rings is 1. The van der Waals surface area contributed by atoms with Crippen LogP contribution in [0.2, 0.25) is 0 Å². The van der Waals surface area contributed by atoms with Crippen molar-refractivity contribution < 1.29 is 19.1 Å². The first-order valence-corrected chi connectivity index (χ1v) is 10.7. The minimum Gasteiger partial charge on any atom is -0.503 e. The fraction of sp³-hybridized carbons (Fsp3) is 0.364. The van der Waals surface area contributed by atoms with Crippen LogP contribution in [0.3, 0.4) is 0 Å². The van der Waals surface area contributed by atoms with Gasteiger partial charge in [0.25, 0.3) is 5.91 Å². The molecule has 152 valence electrons. The summed E-state index contributed by atoms with van der Waals surface area (Å²) in [5.74, 6) is -2.12. The van der Waals surface area contributed by atoms with Gasteiger partial charge in [-0.2, -0.15) is 0 Å². The van der Waals surface area contributed by atoms with Crippen molar-refractivity contribution in [3.8, 4) is 0 Å². The highest BCUT2D eigenvalue weighted by atomic mass is 32.1. The standard InChI is InChI=1S/C22H23FN2O3S/c23-16-8-3-2-7-15(16)19-18(20(26)17-9-6-14-29-17)21(27)22(28)25(19)13-12-24-10-4-1-5-11-24/h2-3,6-9,14,19,27H,1,4-5,10-13H2. The SMILES string of the molecule is O=C(C1=C(O)C(=O)N(CCN2CCCCC2)C1c1ccccc1F)c1cccs1. The van der Waals surface area contributed by atoms with Crippen LogP contribution in [-0.2, 0) is 4.79 Å². The maximum Gasteiger partial charge on any atom is 0.290 e. The van der Waals surface area contributed by atoms with Gasteiger partial charge in [0.2, 0.25) is 5.78 Å². The third-order valence-corrected chi connectivity index (χ3v) is 6.47. The number of aliphatic hydroxyl groups is 1. The molecule has 2 aliphatic rings. The van der Waals surface area contributed by atoms with Crippen molar-refractivity contribution in [2.45, 2.75) is 25.3 Å². The molecule has 0 saturated carbocycles.